The summed E-state index contributed by atoms with van der Waals surface area (Å²) in [5.74, 6) is -0.196. The topological polar surface area (TPSA) is 179 Å². The predicted molar refractivity (Wildman–Crippen MR) is 253 cm³/mol. The maximum absolute atomic E-state index is 15.0. The number of allylic oxidation sites excluding steroid dienone is 1. The minimum atomic E-state index is -1.46. The van der Waals surface area contributed by atoms with Crippen LogP contribution in [-0.4, -0.2) is 83.2 Å². The largest absolute Gasteiger partial charge is 0.497 e. The van der Waals surface area contributed by atoms with Gasteiger partial charge in [0.1, 0.15) is 41.9 Å². The zero-order valence-electron chi connectivity index (χ0n) is 38.3. The van der Waals surface area contributed by atoms with Crippen LogP contribution in [0, 0.1) is 27.9 Å². The summed E-state index contributed by atoms with van der Waals surface area (Å²) in [4.78, 5) is 45.7. The zero-order chi connectivity index (χ0) is 47.3. The van der Waals surface area contributed by atoms with Gasteiger partial charge in [0, 0.05) is 55.4 Å². The van der Waals surface area contributed by atoms with E-state index in [9.17, 15) is 25.1 Å². The first-order valence-corrected chi connectivity index (χ1v) is 23.3. The van der Waals surface area contributed by atoms with Crippen LogP contribution in [0.25, 0.3) is 0 Å². The molecule has 7 rings (SSSR count). The summed E-state index contributed by atoms with van der Waals surface area (Å²) in [6, 6.07) is 25.6. The lowest BCUT2D eigenvalue weighted by atomic mass is 9.55. The Labute approximate surface area is 392 Å². The molecule has 2 N–H and O–H groups in total. The molecule has 0 spiro atoms. The van der Waals surface area contributed by atoms with E-state index in [0.29, 0.717) is 65.6 Å². The highest BCUT2D eigenvalue weighted by Gasteiger charge is 2.65. The summed E-state index contributed by atoms with van der Waals surface area (Å²) in [5, 5.41) is 36.3. The summed E-state index contributed by atoms with van der Waals surface area (Å²) in [6.45, 7) is 6.71. The number of nitro benzene ring substituents is 1. The van der Waals surface area contributed by atoms with Gasteiger partial charge in [-0.1, -0.05) is 61.3 Å². The fourth-order valence-corrected chi connectivity index (χ4v) is 10.2. The molecule has 4 aromatic carbocycles. The van der Waals surface area contributed by atoms with Crippen molar-refractivity contribution in [2.75, 3.05) is 33.5 Å². The molecule has 0 saturated heterocycles. The van der Waals surface area contributed by atoms with Crippen LogP contribution in [0.1, 0.15) is 91.3 Å². The first kappa shape index (κ1) is 48.6. The van der Waals surface area contributed by atoms with Crippen molar-refractivity contribution in [3.8, 4) is 23.0 Å². The number of methoxy groups -OCH3 is 1. The van der Waals surface area contributed by atoms with E-state index in [1.54, 1.807) is 49.6 Å². The normalized spacial score (nSPS) is 22.1. The number of oxime groups is 1. The standard InChI is InChI=1S/C53H61N3O11/c1-4-24-55(50(60)30-37-12-10-15-41(28-37)63-3)49-33-47(54-65-35-36-18-20-40(21-19-36)56(61)62)45-31-39(14-6-8-25-57)44(17-7-9-26-58)51-46-32-43(66-42-16-11-13-38(29-42)34-59)22-23-48(46)67-53(49,52(45)51)64-27-5-2/h5,10-13,15-16,18-23,28-29,31-32,34,39,44,49,51-52,57-58H,2,4,6-9,14,17,24-27,30,33,35H2,1,3H3. The molecule has 2 aliphatic carbocycles. The molecule has 0 radical (unpaired) electrons. The number of hydrogen-bond acceptors (Lipinski definition) is 12. The number of unbranched alkanes of at least 4 members (excludes halogenated alkanes) is 2. The highest BCUT2D eigenvalue weighted by molar-refractivity contribution is 6.03. The molecule has 1 heterocycles. The minimum absolute atomic E-state index is 0.00347. The van der Waals surface area contributed by atoms with Crippen molar-refractivity contribution in [1.82, 2.24) is 4.90 Å². The molecule has 3 aliphatic rings. The average molecular weight is 916 g/mol. The summed E-state index contributed by atoms with van der Waals surface area (Å²) in [7, 11) is 1.59. The zero-order valence-corrected chi connectivity index (χ0v) is 38.3. The van der Waals surface area contributed by atoms with Gasteiger partial charge < -0.3 is 38.9 Å². The van der Waals surface area contributed by atoms with Gasteiger partial charge in [0.25, 0.3) is 5.69 Å². The highest BCUT2D eigenvalue weighted by atomic mass is 16.7. The molecule has 14 nitrogen and oxygen atoms in total. The fourth-order valence-electron chi connectivity index (χ4n) is 10.2. The third-order valence-electron chi connectivity index (χ3n) is 13.1. The van der Waals surface area contributed by atoms with Crippen molar-refractivity contribution in [3.05, 3.63) is 148 Å². The van der Waals surface area contributed by atoms with Gasteiger partial charge in [0.2, 0.25) is 11.7 Å². The third-order valence-corrected chi connectivity index (χ3v) is 13.1. The number of nitro groups is 1. The minimum Gasteiger partial charge on any atom is -0.497 e. The molecule has 1 saturated carbocycles. The van der Waals surface area contributed by atoms with Crippen LogP contribution >= 0.6 is 0 Å². The number of aldehydes is 1. The van der Waals surface area contributed by atoms with Gasteiger partial charge >= 0.3 is 0 Å². The Bertz CT molecular complexity index is 2420. The quantitative estimate of drug-likeness (QED) is 0.0225. The van der Waals surface area contributed by atoms with Crippen LogP contribution in [0.5, 0.6) is 23.0 Å². The highest BCUT2D eigenvalue weighted by Crippen LogP contribution is 2.62. The number of ether oxygens (including phenoxy) is 4. The molecule has 1 amide bonds. The maximum atomic E-state index is 15.0. The van der Waals surface area contributed by atoms with Gasteiger partial charge in [0.15, 0.2) is 0 Å². The van der Waals surface area contributed by atoms with Crippen molar-refractivity contribution in [3.63, 3.8) is 0 Å². The Balaban J connectivity index is 1.42. The number of rotatable bonds is 24. The van der Waals surface area contributed by atoms with Crippen LogP contribution in [0.2, 0.25) is 0 Å². The molecule has 6 atom stereocenters. The third kappa shape index (κ3) is 11.1. The SMILES string of the molecule is C=CCOC12Oc3ccc(Oc4cccc(C=O)c4)cc3C3C(CCCCO)C(CCCCO)C=C(C(=NOCc4ccc([N+](=O)[O-])cc4)CC1N(CCC)C(=O)Cc1cccc(OC)c1)C32. The lowest BCUT2D eigenvalue weighted by Gasteiger charge is -2.60. The smallest absolute Gasteiger partial charge is 0.269 e. The number of fused-ring (bicyclic) bond motifs is 2. The molecule has 14 heteroatoms. The number of amides is 1. The van der Waals surface area contributed by atoms with Gasteiger partial charge in [-0.3, -0.25) is 19.7 Å². The van der Waals surface area contributed by atoms with Gasteiger partial charge in [-0.25, -0.2) is 0 Å². The van der Waals surface area contributed by atoms with Crippen molar-refractivity contribution >= 4 is 23.6 Å². The summed E-state index contributed by atoms with van der Waals surface area (Å²) < 4.78 is 26.5. The second kappa shape index (κ2) is 22.9. The number of hydrogen-bond donors (Lipinski definition) is 2. The first-order chi connectivity index (χ1) is 32.7. The lowest BCUT2D eigenvalue weighted by Crippen LogP contribution is -2.70. The van der Waals surface area contributed by atoms with E-state index in [0.717, 1.165) is 48.7 Å². The van der Waals surface area contributed by atoms with Crippen LogP contribution in [0.15, 0.2) is 120 Å². The van der Waals surface area contributed by atoms with Crippen molar-refractivity contribution in [2.45, 2.75) is 89.1 Å². The number of nitrogens with zero attached hydrogens (tertiary/aromatic N) is 3. The molecule has 354 valence electrons. The molecule has 4 aromatic rings. The van der Waals surface area contributed by atoms with Crippen molar-refractivity contribution in [1.29, 1.82) is 0 Å². The van der Waals surface area contributed by atoms with Gasteiger partial charge in [-0.05, 0) is 115 Å². The van der Waals surface area contributed by atoms with Gasteiger partial charge in [-0.2, -0.15) is 0 Å². The molecule has 6 unspecified atom stereocenters. The number of aliphatic hydroxyl groups is 2. The predicted octanol–water partition coefficient (Wildman–Crippen LogP) is 9.52. The number of aliphatic hydroxyl groups excluding tert-OH is 2. The van der Waals surface area contributed by atoms with Gasteiger partial charge in [0.05, 0.1) is 36.7 Å². The van der Waals surface area contributed by atoms with Crippen molar-refractivity contribution < 1.29 is 48.5 Å². The van der Waals surface area contributed by atoms with Crippen LogP contribution < -0.4 is 14.2 Å². The Hall–Kier alpha value is -6.35. The number of non-ortho nitro benzene ring substituents is 1. The summed E-state index contributed by atoms with van der Waals surface area (Å²) in [5.41, 5.74) is 4.30. The second-order valence-electron chi connectivity index (χ2n) is 17.4. The van der Waals surface area contributed by atoms with E-state index < -0.39 is 22.7 Å². The maximum Gasteiger partial charge on any atom is 0.269 e. The van der Waals surface area contributed by atoms with E-state index >= 15 is 4.79 Å². The van der Waals surface area contributed by atoms with E-state index in [1.807, 2.05) is 54.3 Å². The number of carbonyl (C=O) groups excluding carboxylic acids is 2. The lowest BCUT2D eigenvalue weighted by molar-refractivity contribution is -0.384. The van der Waals surface area contributed by atoms with E-state index in [2.05, 4.69) is 12.7 Å². The number of carbonyl (C=O) groups is 2. The Kier molecular flexibility index (Phi) is 16.6. The van der Waals surface area contributed by atoms with Crippen LogP contribution in [0.3, 0.4) is 0 Å². The number of benzene rings is 4. The monoisotopic (exact) mass is 915 g/mol. The molecule has 0 bridgehead atoms. The van der Waals surface area contributed by atoms with E-state index in [-0.39, 0.29) is 68.6 Å². The Morgan fingerprint density at radius 1 is 0.955 bits per heavy atom. The molecule has 1 fully saturated rings. The Morgan fingerprint density at radius 3 is 2.42 bits per heavy atom. The molecule has 0 aromatic heterocycles. The van der Waals surface area contributed by atoms with Gasteiger partial charge in [-0.15, -0.1) is 6.58 Å². The molecule has 67 heavy (non-hydrogen) atoms. The summed E-state index contributed by atoms with van der Waals surface area (Å²) in [6.07, 6.45) is 9.95. The van der Waals surface area contributed by atoms with Crippen molar-refractivity contribution in [2.24, 2.45) is 22.9 Å². The van der Waals surface area contributed by atoms with E-state index in [4.69, 9.17) is 28.9 Å². The Morgan fingerprint density at radius 2 is 1.70 bits per heavy atom. The molecular formula is C53H61N3O11. The van der Waals surface area contributed by atoms with Crippen LogP contribution in [-0.2, 0) is 27.4 Å². The van der Waals surface area contributed by atoms with E-state index in [1.165, 1.54) is 12.1 Å². The first-order valence-electron chi connectivity index (χ1n) is 23.3. The molecule has 1 aliphatic heterocycles. The molecular weight excluding hydrogens is 855 g/mol. The fraction of sp³-hybridized carbons (Fsp3) is 0.415. The summed E-state index contributed by atoms with van der Waals surface area (Å²) >= 11 is 0. The second-order valence-corrected chi connectivity index (χ2v) is 17.4. The van der Waals surface area contributed by atoms with Crippen LogP contribution in [0.4, 0.5) is 5.69 Å². The average Bonchev–Trinajstić information content (AvgIpc) is 3.34.